The number of nitrogens with one attached hydrogen (secondary N) is 2. The van der Waals surface area contributed by atoms with Gasteiger partial charge in [0.05, 0.1) is 18.4 Å². The number of amides is 1. The van der Waals surface area contributed by atoms with Crippen LogP contribution in [0.4, 0.5) is 5.82 Å². The summed E-state index contributed by atoms with van der Waals surface area (Å²) in [5.41, 5.74) is 2.46. The van der Waals surface area contributed by atoms with Gasteiger partial charge in [-0.15, -0.1) is 0 Å². The van der Waals surface area contributed by atoms with E-state index in [4.69, 9.17) is 16.8 Å². The molecule has 10 nitrogen and oxygen atoms in total. The number of aliphatic hydroxyl groups excluding tert-OH is 2. The lowest BCUT2D eigenvalue weighted by atomic mass is 10.2. The Kier molecular flexibility index (Phi) is 4.54. The van der Waals surface area contributed by atoms with Crippen LogP contribution in [0.15, 0.2) is 6.33 Å². The summed E-state index contributed by atoms with van der Waals surface area (Å²) in [5, 5.41) is 32.2. The maximum atomic E-state index is 11.6. The molecule has 0 radical (unpaired) electrons. The van der Waals surface area contributed by atoms with Gasteiger partial charge in [0, 0.05) is 6.42 Å². The highest BCUT2D eigenvalue weighted by molar-refractivity contribution is 6.28. The molecular formula is C13H17ClN6O4. The van der Waals surface area contributed by atoms with Crippen LogP contribution in [0.25, 0.3) is 11.2 Å². The SMILES string of the molecule is CCC(=O)N[C@H]1C[C@@H](n2cnc3c(NO)nc(Cl)nc32)[C@H](O)[C@@H]1O. The molecule has 0 spiro atoms. The van der Waals surface area contributed by atoms with E-state index in [2.05, 4.69) is 20.3 Å². The number of aromatic nitrogens is 4. The molecule has 2 aromatic heterocycles. The molecule has 0 saturated heterocycles. The van der Waals surface area contributed by atoms with Crippen molar-refractivity contribution >= 4 is 34.5 Å². The Morgan fingerprint density at radius 3 is 2.83 bits per heavy atom. The molecule has 5 N–H and O–H groups in total. The van der Waals surface area contributed by atoms with E-state index in [0.717, 1.165) is 0 Å². The average molecular weight is 357 g/mol. The molecule has 1 saturated carbocycles. The van der Waals surface area contributed by atoms with Gasteiger partial charge < -0.3 is 20.1 Å². The normalized spacial score (nSPS) is 26.7. The highest BCUT2D eigenvalue weighted by atomic mass is 35.5. The fourth-order valence-electron chi connectivity index (χ4n) is 2.95. The summed E-state index contributed by atoms with van der Waals surface area (Å²) in [6.45, 7) is 1.70. The van der Waals surface area contributed by atoms with Crippen molar-refractivity contribution in [1.29, 1.82) is 0 Å². The van der Waals surface area contributed by atoms with E-state index in [1.54, 1.807) is 11.5 Å². The second kappa shape index (κ2) is 6.48. The fourth-order valence-corrected chi connectivity index (χ4v) is 3.11. The maximum absolute atomic E-state index is 11.6. The molecule has 0 bridgehead atoms. The monoisotopic (exact) mass is 356 g/mol. The van der Waals surface area contributed by atoms with Crippen molar-refractivity contribution in [3.63, 3.8) is 0 Å². The predicted molar refractivity (Wildman–Crippen MR) is 83.6 cm³/mol. The topological polar surface area (TPSA) is 145 Å². The molecule has 4 atom stereocenters. The fraction of sp³-hybridized carbons (Fsp3) is 0.538. The van der Waals surface area contributed by atoms with E-state index in [9.17, 15) is 15.0 Å². The number of fused-ring (bicyclic) bond motifs is 1. The third-order valence-electron chi connectivity index (χ3n) is 4.18. The molecule has 2 heterocycles. The first-order valence-electron chi connectivity index (χ1n) is 7.42. The number of anilines is 1. The average Bonchev–Trinajstić information content (AvgIpc) is 3.10. The van der Waals surface area contributed by atoms with Crippen molar-refractivity contribution < 1.29 is 20.2 Å². The Labute approximate surface area is 141 Å². The summed E-state index contributed by atoms with van der Waals surface area (Å²) < 4.78 is 1.55. The Balaban J connectivity index is 1.96. The van der Waals surface area contributed by atoms with Gasteiger partial charge >= 0.3 is 0 Å². The molecule has 1 amide bonds. The van der Waals surface area contributed by atoms with Crippen molar-refractivity contribution in [2.75, 3.05) is 5.48 Å². The van der Waals surface area contributed by atoms with Gasteiger partial charge in [0.1, 0.15) is 12.2 Å². The third kappa shape index (κ3) is 2.77. The number of nitrogens with zero attached hydrogens (tertiary/aromatic N) is 4. The summed E-state index contributed by atoms with van der Waals surface area (Å²) in [6, 6.07) is -1.15. The summed E-state index contributed by atoms with van der Waals surface area (Å²) in [7, 11) is 0. The lowest BCUT2D eigenvalue weighted by Gasteiger charge is -2.18. The Morgan fingerprint density at radius 1 is 1.42 bits per heavy atom. The van der Waals surface area contributed by atoms with Crippen LogP contribution >= 0.6 is 11.6 Å². The molecule has 0 aliphatic heterocycles. The standard InChI is InChI=1S/C13H17ClN6O4/c1-2-7(21)16-5-3-6(10(23)9(5)22)20-4-15-8-11(19-24)17-13(14)18-12(8)20/h4-6,9-10,22-24H,2-3H2,1H3,(H,16,21)(H,17,18,19)/t5-,6+,9+,10-/m0/s1. The highest BCUT2D eigenvalue weighted by Crippen LogP contribution is 2.34. The lowest BCUT2D eigenvalue weighted by Crippen LogP contribution is -2.42. The molecule has 2 aromatic rings. The van der Waals surface area contributed by atoms with Crippen LogP contribution in [0.5, 0.6) is 0 Å². The second-order valence-electron chi connectivity index (χ2n) is 5.59. The Hall–Kier alpha value is -2.01. The molecule has 1 aliphatic rings. The van der Waals surface area contributed by atoms with Crippen LogP contribution in [0, 0.1) is 0 Å². The molecule has 11 heteroatoms. The Bertz CT molecular complexity index is 768. The van der Waals surface area contributed by atoms with Gasteiger partial charge in [-0.25, -0.2) is 4.98 Å². The van der Waals surface area contributed by atoms with Crippen LogP contribution in [-0.2, 0) is 4.79 Å². The van der Waals surface area contributed by atoms with Crippen molar-refractivity contribution in [3.8, 4) is 0 Å². The first-order valence-corrected chi connectivity index (χ1v) is 7.79. The minimum atomic E-state index is -1.12. The maximum Gasteiger partial charge on any atom is 0.226 e. The first kappa shape index (κ1) is 16.8. The minimum absolute atomic E-state index is 0.0348. The highest BCUT2D eigenvalue weighted by Gasteiger charge is 2.43. The molecular weight excluding hydrogens is 340 g/mol. The number of imidazole rings is 1. The molecule has 0 unspecified atom stereocenters. The minimum Gasteiger partial charge on any atom is -0.388 e. The third-order valence-corrected chi connectivity index (χ3v) is 4.35. The lowest BCUT2D eigenvalue weighted by molar-refractivity contribution is -0.122. The number of carbonyl (C=O) groups is 1. The molecule has 1 aliphatic carbocycles. The predicted octanol–water partition coefficient (Wildman–Crippen LogP) is -0.158. The van der Waals surface area contributed by atoms with E-state index < -0.39 is 24.3 Å². The van der Waals surface area contributed by atoms with Crippen LogP contribution in [0.2, 0.25) is 5.28 Å². The summed E-state index contributed by atoms with van der Waals surface area (Å²) in [6.07, 6.45) is -0.240. The van der Waals surface area contributed by atoms with Gasteiger partial charge in [-0.05, 0) is 18.0 Å². The smallest absolute Gasteiger partial charge is 0.226 e. The van der Waals surface area contributed by atoms with Gasteiger partial charge in [-0.3, -0.25) is 15.5 Å². The van der Waals surface area contributed by atoms with Gasteiger partial charge in [0.25, 0.3) is 0 Å². The summed E-state index contributed by atoms with van der Waals surface area (Å²) in [5.74, 6) is -0.174. The van der Waals surface area contributed by atoms with Gasteiger partial charge in [0.15, 0.2) is 17.0 Å². The van der Waals surface area contributed by atoms with Crippen molar-refractivity contribution in [2.45, 2.75) is 44.1 Å². The Morgan fingerprint density at radius 2 is 2.17 bits per heavy atom. The number of halogens is 1. The second-order valence-corrected chi connectivity index (χ2v) is 5.93. The zero-order chi connectivity index (χ0) is 17.4. The van der Waals surface area contributed by atoms with E-state index >= 15 is 0 Å². The van der Waals surface area contributed by atoms with E-state index in [-0.39, 0.29) is 28.9 Å². The van der Waals surface area contributed by atoms with Crippen LogP contribution in [0.1, 0.15) is 25.8 Å². The van der Waals surface area contributed by atoms with Crippen LogP contribution < -0.4 is 10.8 Å². The van der Waals surface area contributed by atoms with Crippen LogP contribution in [-0.4, -0.2) is 59.1 Å². The quantitative estimate of drug-likeness (QED) is 0.375. The first-order chi connectivity index (χ1) is 11.5. The summed E-state index contributed by atoms with van der Waals surface area (Å²) in [4.78, 5) is 23.6. The number of hydrogen-bond acceptors (Lipinski definition) is 8. The van der Waals surface area contributed by atoms with Crippen molar-refractivity contribution in [1.82, 2.24) is 24.8 Å². The number of aliphatic hydroxyl groups is 2. The number of hydrogen-bond donors (Lipinski definition) is 5. The number of rotatable bonds is 4. The van der Waals surface area contributed by atoms with Crippen LogP contribution in [0.3, 0.4) is 0 Å². The largest absolute Gasteiger partial charge is 0.388 e. The summed E-state index contributed by atoms with van der Waals surface area (Å²) >= 11 is 5.84. The van der Waals surface area contributed by atoms with E-state index in [0.29, 0.717) is 12.1 Å². The zero-order valence-electron chi connectivity index (χ0n) is 12.7. The molecule has 130 valence electrons. The zero-order valence-corrected chi connectivity index (χ0v) is 13.5. The molecule has 0 aromatic carbocycles. The molecule has 1 fully saturated rings. The molecule has 3 rings (SSSR count). The number of carbonyl (C=O) groups excluding carboxylic acids is 1. The van der Waals surface area contributed by atoms with E-state index in [1.165, 1.54) is 6.33 Å². The van der Waals surface area contributed by atoms with E-state index in [1.807, 2.05) is 5.48 Å². The van der Waals surface area contributed by atoms with Crippen molar-refractivity contribution in [3.05, 3.63) is 11.6 Å². The van der Waals surface area contributed by atoms with Gasteiger partial charge in [-0.2, -0.15) is 9.97 Å². The van der Waals surface area contributed by atoms with Gasteiger partial charge in [0.2, 0.25) is 11.2 Å². The van der Waals surface area contributed by atoms with Crippen molar-refractivity contribution in [2.24, 2.45) is 0 Å². The molecule has 24 heavy (non-hydrogen) atoms. The van der Waals surface area contributed by atoms with Gasteiger partial charge in [-0.1, -0.05) is 6.92 Å².